The molecule has 0 radical (unpaired) electrons. The lowest BCUT2D eigenvalue weighted by Crippen LogP contribution is -2.08. The fourth-order valence-corrected chi connectivity index (χ4v) is 3.37. The Morgan fingerprint density at radius 2 is 2.18 bits per heavy atom. The van der Waals surface area contributed by atoms with E-state index in [9.17, 15) is 0 Å². The molecule has 0 aromatic heterocycles. The molecule has 2 fully saturated rings. The van der Waals surface area contributed by atoms with Crippen LogP contribution in [0.25, 0.3) is 0 Å². The van der Waals surface area contributed by atoms with Crippen LogP contribution < -0.4 is 0 Å². The van der Waals surface area contributed by atoms with E-state index < -0.39 is 0 Å². The maximum absolute atomic E-state index is 8.84. The van der Waals surface area contributed by atoms with Crippen LogP contribution in [0.4, 0.5) is 0 Å². The van der Waals surface area contributed by atoms with Crippen molar-refractivity contribution in [3.8, 4) is 0 Å². The maximum atomic E-state index is 8.84. The summed E-state index contributed by atoms with van der Waals surface area (Å²) in [6.07, 6.45) is 3.17. The summed E-state index contributed by atoms with van der Waals surface area (Å²) in [5.74, 6) is 0.671. The molecule has 4 heteroatoms. The first-order valence-electron chi connectivity index (χ1n) is 5.74. The zero-order valence-corrected chi connectivity index (χ0v) is 10.8. The Hall–Kier alpha value is -0.570. The van der Waals surface area contributed by atoms with Gasteiger partial charge < -0.3 is 5.11 Å². The molecule has 17 heavy (non-hydrogen) atoms. The molecular weight excluding hydrogens is 257 g/mol. The van der Waals surface area contributed by atoms with E-state index in [0.29, 0.717) is 16.0 Å². The molecule has 0 spiro atoms. The van der Waals surface area contributed by atoms with Gasteiger partial charge in [0.15, 0.2) is 0 Å². The molecule has 0 saturated heterocycles. The van der Waals surface area contributed by atoms with E-state index in [1.165, 1.54) is 12.0 Å². The standard InChI is InChI=1S/C13H13Cl2NO/c14-11-2-1-8(4-12(11)15)13-5-9(13)3-10(6-13)16-7-17/h1-2,4,9,17H,3,5-7H2/b16-10+. The van der Waals surface area contributed by atoms with Crippen LogP contribution in [0.15, 0.2) is 23.2 Å². The molecule has 1 aromatic rings. The molecule has 0 amide bonds. The van der Waals surface area contributed by atoms with E-state index in [0.717, 1.165) is 18.6 Å². The largest absolute Gasteiger partial charge is 0.375 e. The topological polar surface area (TPSA) is 32.6 Å². The predicted molar refractivity (Wildman–Crippen MR) is 70.0 cm³/mol. The average Bonchev–Trinajstić information content (AvgIpc) is 2.87. The summed E-state index contributed by atoms with van der Waals surface area (Å²) < 4.78 is 0. The molecule has 2 nitrogen and oxygen atoms in total. The van der Waals surface area contributed by atoms with Gasteiger partial charge in [-0.1, -0.05) is 29.3 Å². The zero-order valence-electron chi connectivity index (χ0n) is 9.29. The van der Waals surface area contributed by atoms with E-state index in [-0.39, 0.29) is 12.1 Å². The number of aliphatic hydroxyl groups excluding tert-OH is 1. The van der Waals surface area contributed by atoms with Gasteiger partial charge in [0.05, 0.1) is 10.0 Å². The molecular formula is C13H13Cl2NO. The highest BCUT2D eigenvalue weighted by Crippen LogP contribution is 2.63. The van der Waals surface area contributed by atoms with Crippen LogP contribution in [-0.4, -0.2) is 17.5 Å². The predicted octanol–water partition coefficient (Wildman–Crippen LogP) is 3.44. The third-order valence-corrected chi connectivity index (χ3v) is 4.76. The Balaban J connectivity index is 1.91. The van der Waals surface area contributed by atoms with E-state index >= 15 is 0 Å². The van der Waals surface area contributed by atoms with Gasteiger partial charge in [-0.25, -0.2) is 0 Å². The summed E-state index contributed by atoms with van der Waals surface area (Å²) in [4.78, 5) is 4.13. The van der Waals surface area contributed by atoms with Crippen molar-refractivity contribution in [3.63, 3.8) is 0 Å². The van der Waals surface area contributed by atoms with Crippen molar-refractivity contribution in [1.82, 2.24) is 0 Å². The first-order chi connectivity index (χ1) is 8.15. The normalized spacial score (nSPS) is 32.9. The maximum Gasteiger partial charge on any atom is 0.134 e. The molecule has 2 saturated carbocycles. The number of fused-ring (bicyclic) bond motifs is 1. The van der Waals surface area contributed by atoms with Gasteiger partial charge in [0.25, 0.3) is 0 Å². The third-order valence-electron chi connectivity index (χ3n) is 4.02. The van der Waals surface area contributed by atoms with Crippen molar-refractivity contribution in [1.29, 1.82) is 0 Å². The van der Waals surface area contributed by atoms with Crippen molar-refractivity contribution < 1.29 is 5.11 Å². The smallest absolute Gasteiger partial charge is 0.134 e. The number of halogens is 2. The summed E-state index contributed by atoms with van der Waals surface area (Å²) >= 11 is 12.0. The summed E-state index contributed by atoms with van der Waals surface area (Å²) in [7, 11) is 0. The van der Waals surface area contributed by atoms with Gasteiger partial charge in [0, 0.05) is 11.1 Å². The Morgan fingerprint density at radius 1 is 1.35 bits per heavy atom. The molecule has 1 aromatic carbocycles. The number of hydrogen-bond acceptors (Lipinski definition) is 2. The first kappa shape index (κ1) is 11.5. The van der Waals surface area contributed by atoms with Gasteiger partial charge in [-0.15, -0.1) is 0 Å². The van der Waals surface area contributed by atoms with Crippen LogP contribution in [0.5, 0.6) is 0 Å². The molecule has 2 aliphatic rings. The molecule has 90 valence electrons. The fraction of sp³-hybridized carbons (Fsp3) is 0.462. The Kier molecular flexibility index (Phi) is 2.69. The number of benzene rings is 1. The molecule has 0 bridgehead atoms. The lowest BCUT2D eigenvalue weighted by atomic mass is 9.93. The van der Waals surface area contributed by atoms with E-state index in [1.54, 1.807) is 0 Å². The Labute approximate surface area is 110 Å². The van der Waals surface area contributed by atoms with E-state index in [4.69, 9.17) is 28.3 Å². The average molecular weight is 270 g/mol. The number of nitrogens with zero attached hydrogens (tertiary/aromatic N) is 1. The highest BCUT2D eigenvalue weighted by molar-refractivity contribution is 6.42. The lowest BCUT2D eigenvalue weighted by molar-refractivity contribution is 0.309. The van der Waals surface area contributed by atoms with Gasteiger partial charge >= 0.3 is 0 Å². The molecule has 2 atom stereocenters. The van der Waals surface area contributed by atoms with Crippen molar-refractivity contribution in [2.45, 2.75) is 24.7 Å². The zero-order chi connectivity index (χ0) is 12.0. The van der Waals surface area contributed by atoms with Gasteiger partial charge in [-0.05, 0) is 42.9 Å². The van der Waals surface area contributed by atoms with Crippen LogP contribution in [0.3, 0.4) is 0 Å². The van der Waals surface area contributed by atoms with Crippen LogP contribution >= 0.6 is 23.2 Å². The highest BCUT2D eigenvalue weighted by atomic mass is 35.5. The van der Waals surface area contributed by atoms with Crippen molar-refractivity contribution in [2.75, 3.05) is 6.73 Å². The summed E-state index contributed by atoms with van der Waals surface area (Å²) in [6, 6.07) is 5.91. The van der Waals surface area contributed by atoms with Crippen LogP contribution in [0, 0.1) is 5.92 Å². The second kappa shape index (κ2) is 3.98. The molecule has 3 rings (SSSR count). The second-order valence-corrected chi connectivity index (χ2v) is 5.75. The second-order valence-electron chi connectivity index (χ2n) is 4.93. The number of aliphatic hydroxyl groups is 1. The van der Waals surface area contributed by atoms with Crippen molar-refractivity contribution in [3.05, 3.63) is 33.8 Å². The van der Waals surface area contributed by atoms with Gasteiger partial charge in [0.1, 0.15) is 6.73 Å². The molecule has 0 heterocycles. The van der Waals surface area contributed by atoms with Crippen LogP contribution in [-0.2, 0) is 5.41 Å². The quantitative estimate of drug-likeness (QED) is 0.877. The number of hydrogen-bond donors (Lipinski definition) is 1. The van der Waals surface area contributed by atoms with Gasteiger partial charge in [-0.3, -0.25) is 4.99 Å². The Morgan fingerprint density at radius 3 is 2.88 bits per heavy atom. The SMILES string of the molecule is OC/N=C1\CC2CC2(c2ccc(Cl)c(Cl)c2)C1. The van der Waals surface area contributed by atoms with Crippen molar-refractivity contribution >= 4 is 28.9 Å². The van der Waals surface area contributed by atoms with E-state index in [2.05, 4.69) is 11.1 Å². The monoisotopic (exact) mass is 269 g/mol. The van der Waals surface area contributed by atoms with Crippen LogP contribution in [0.1, 0.15) is 24.8 Å². The first-order valence-corrected chi connectivity index (χ1v) is 6.50. The fourth-order valence-electron chi connectivity index (χ4n) is 3.07. The minimum Gasteiger partial charge on any atom is -0.375 e. The lowest BCUT2D eigenvalue weighted by Gasteiger charge is -2.13. The number of rotatable bonds is 2. The minimum atomic E-state index is -0.0977. The molecule has 2 unspecified atom stereocenters. The molecule has 2 aliphatic carbocycles. The molecule has 0 aliphatic heterocycles. The van der Waals surface area contributed by atoms with Crippen molar-refractivity contribution in [2.24, 2.45) is 10.9 Å². The minimum absolute atomic E-state index is 0.0977. The number of aliphatic imine (C=N–C) groups is 1. The van der Waals surface area contributed by atoms with Gasteiger partial charge in [-0.2, -0.15) is 0 Å². The Bertz CT molecular complexity index is 500. The van der Waals surface area contributed by atoms with Gasteiger partial charge in [0.2, 0.25) is 0 Å². The summed E-state index contributed by atoms with van der Waals surface area (Å²) in [6.45, 7) is -0.0977. The van der Waals surface area contributed by atoms with E-state index in [1.807, 2.05) is 12.1 Å². The highest BCUT2D eigenvalue weighted by Gasteiger charge is 2.59. The molecule has 1 N–H and O–H groups in total. The third kappa shape index (κ3) is 1.79. The summed E-state index contributed by atoms with van der Waals surface area (Å²) in [5, 5.41) is 10.1. The summed E-state index contributed by atoms with van der Waals surface area (Å²) in [5.41, 5.74) is 2.62. The van der Waals surface area contributed by atoms with Crippen LogP contribution in [0.2, 0.25) is 10.0 Å².